The third-order valence-corrected chi connectivity index (χ3v) is 7.02. The first-order valence-corrected chi connectivity index (χ1v) is 13.5. The smallest absolute Gasteiger partial charge is 0.226 e. The molecular formula is C26H32N12O4. The third kappa shape index (κ3) is 5.64. The summed E-state index contributed by atoms with van der Waals surface area (Å²) in [5.74, 6) is 0.852. The Labute approximate surface area is 240 Å². The monoisotopic (exact) mass is 576 g/mol. The molecule has 5 aromatic rings. The number of hydrogen-bond donors (Lipinski definition) is 5. The number of benzene rings is 1. The zero-order valence-electron chi connectivity index (χ0n) is 23.1. The summed E-state index contributed by atoms with van der Waals surface area (Å²) in [5, 5.41) is 50.3. The van der Waals surface area contributed by atoms with Gasteiger partial charge in [-0.15, -0.1) is 10.2 Å². The second kappa shape index (κ2) is 11.8. The summed E-state index contributed by atoms with van der Waals surface area (Å²) in [6, 6.07) is 9.46. The molecule has 1 aliphatic rings. The van der Waals surface area contributed by atoms with Crippen LogP contribution in [0.25, 0.3) is 11.2 Å². The molecule has 4 aromatic heterocycles. The van der Waals surface area contributed by atoms with Gasteiger partial charge in [-0.05, 0) is 17.2 Å². The van der Waals surface area contributed by atoms with Crippen LogP contribution in [0.2, 0.25) is 0 Å². The molecule has 220 valence electrons. The number of aromatic nitrogens is 10. The molecule has 0 radical (unpaired) electrons. The van der Waals surface area contributed by atoms with E-state index in [0.29, 0.717) is 42.3 Å². The Bertz CT molecular complexity index is 1640. The molecule has 0 aliphatic carbocycles. The number of tetrazole rings is 1. The Balaban J connectivity index is 1.31. The van der Waals surface area contributed by atoms with E-state index in [1.165, 1.54) is 11.1 Å². The maximum absolute atomic E-state index is 11.0. The van der Waals surface area contributed by atoms with Crippen LogP contribution in [0.1, 0.15) is 29.4 Å². The van der Waals surface area contributed by atoms with Gasteiger partial charge >= 0.3 is 0 Å². The summed E-state index contributed by atoms with van der Waals surface area (Å²) < 4.78 is 9.46. The first-order valence-electron chi connectivity index (χ1n) is 13.5. The van der Waals surface area contributed by atoms with Crippen molar-refractivity contribution in [2.24, 2.45) is 14.1 Å². The molecule has 0 spiro atoms. The third-order valence-electron chi connectivity index (χ3n) is 7.02. The van der Waals surface area contributed by atoms with E-state index in [9.17, 15) is 15.3 Å². The van der Waals surface area contributed by atoms with Crippen molar-refractivity contribution >= 4 is 22.9 Å². The number of anilines is 2. The fraction of sp³-hybridized carbons (Fsp3) is 0.423. The van der Waals surface area contributed by atoms with Crippen molar-refractivity contribution < 1.29 is 20.1 Å². The van der Waals surface area contributed by atoms with Gasteiger partial charge < -0.3 is 35.3 Å². The normalized spacial score (nSPS) is 21.2. The molecule has 0 amide bonds. The SMILES string of the molecule is Cn1cnc(CCNc2nc(N[C@H](CO)Cc3ccccc3)c3ncn([C@@H]4O[C@H](c5nnn(C)n5)[C@@H](O)[C@H]4O)c3n2)c1. The van der Waals surface area contributed by atoms with E-state index in [2.05, 4.69) is 46.0 Å². The van der Waals surface area contributed by atoms with E-state index in [0.717, 1.165) is 11.3 Å². The summed E-state index contributed by atoms with van der Waals surface area (Å²) >= 11 is 0. The van der Waals surface area contributed by atoms with Gasteiger partial charge in [-0.2, -0.15) is 14.8 Å². The van der Waals surface area contributed by atoms with E-state index in [-0.39, 0.29) is 18.5 Å². The molecule has 6 rings (SSSR count). The molecule has 42 heavy (non-hydrogen) atoms. The van der Waals surface area contributed by atoms with Crippen molar-refractivity contribution in [1.82, 2.24) is 49.3 Å². The minimum absolute atomic E-state index is 0.146. The lowest BCUT2D eigenvalue weighted by molar-refractivity contribution is -0.0384. The number of hydrogen-bond acceptors (Lipinski definition) is 13. The van der Waals surface area contributed by atoms with E-state index >= 15 is 0 Å². The highest BCUT2D eigenvalue weighted by molar-refractivity contribution is 5.84. The van der Waals surface area contributed by atoms with Crippen molar-refractivity contribution in [3.8, 4) is 0 Å². The number of rotatable bonds is 11. The number of aliphatic hydroxyl groups excluding tert-OH is 3. The second-order valence-electron chi connectivity index (χ2n) is 10.2. The van der Waals surface area contributed by atoms with Crippen LogP contribution < -0.4 is 10.6 Å². The first-order chi connectivity index (χ1) is 20.4. The van der Waals surface area contributed by atoms with Gasteiger partial charge in [0.25, 0.3) is 0 Å². The van der Waals surface area contributed by atoms with E-state index in [1.54, 1.807) is 17.9 Å². The van der Waals surface area contributed by atoms with Crippen LogP contribution >= 0.6 is 0 Å². The van der Waals surface area contributed by atoms with E-state index in [4.69, 9.17) is 4.74 Å². The molecule has 1 aliphatic heterocycles. The minimum atomic E-state index is -1.33. The lowest BCUT2D eigenvalue weighted by Crippen LogP contribution is -2.29. The predicted octanol–water partition coefficient (Wildman–Crippen LogP) is -0.255. The van der Waals surface area contributed by atoms with Gasteiger partial charge in [0.1, 0.15) is 12.2 Å². The molecule has 5 N–H and O–H groups in total. The summed E-state index contributed by atoms with van der Waals surface area (Å²) in [6.07, 6.45) is 1.66. The predicted molar refractivity (Wildman–Crippen MR) is 149 cm³/mol. The zero-order chi connectivity index (χ0) is 29.2. The van der Waals surface area contributed by atoms with Gasteiger partial charge in [-0.25, -0.2) is 9.97 Å². The fourth-order valence-electron chi connectivity index (χ4n) is 4.95. The molecular weight excluding hydrogens is 544 g/mol. The second-order valence-corrected chi connectivity index (χ2v) is 10.2. The largest absolute Gasteiger partial charge is 0.394 e. The van der Waals surface area contributed by atoms with Crippen LogP contribution in [-0.2, 0) is 31.7 Å². The number of imidazole rings is 2. The van der Waals surface area contributed by atoms with Gasteiger partial charge in [0.2, 0.25) is 11.8 Å². The molecule has 0 unspecified atom stereocenters. The van der Waals surface area contributed by atoms with Crippen LogP contribution in [0.4, 0.5) is 11.8 Å². The molecule has 1 aromatic carbocycles. The summed E-state index contributed by atoms with van der Waals surface area (Å²) in [6.45, 7) is 0.359. The summed E-state index contributed by atoms with van der Waals surface area (Å²) in [7, 11) is 3.51. The van der Waals surface area contributed by atoms with E-state index < -0.39 is 24.5 Å². The highest BCUT2D eigenvalue weighted by Crippen LogP contribution is 2.39. The molecule has 0 saturated carbocycles. The zero-order valence-corrected chi connectivity index (χ0v) is 23.1. The number of ether oxygens (including phenoxy) is 1. The van der Waals surface area contributed by atoms with Crippen molar-refractivity contribution in [1.29, 1.82) is 0 Å². The molecule has 5 heterocycles. The van der Waals surface area contributed by atoms with Crippen LogP contribution in [0.15, 0.2) is 49.2 Å². The average Bonchev–Trinajstić information content (AvgIpc) is 3.77. The van der Waals surface area contributed by atoms with Crippen LogP contribution in [0.3, 0.4) is 0 Å². The van der Waals surface area contributed by atoms with Gasteiger partial charge in [0, 0.05) is 26.2 Å². The Morgan fingerprint density at radius 3 is 2.60 bits per heavy atom. The van der Waals surface area contributed by atoms with Gasteiger partial charge in [0.15, 0.2) is 29.3 Å². The molecule has 5 atom stereocenters. The van der Waals surface area contributed by atoms with Crippen LogP contribution in [-0.4, -0.2) is 96.0 Å². The van der Waals surface area contributed by atoms with Gasteiger partial charge in [-0.3, -0.25) is 4.57 Å². The topological polar surface area (TPSA) is 199 Å². The highest BCUT2D eigenvalue weighted by Gasteiger charge is 2.47. The number of nitrogens with zero attached hydrogens (tertiary/aromatic N) is 10. The Kier molecular flexibility index (Phi) is 7.75. The number of fused-ring (bicyclic) bond motifs is 1. The van der Waals surface area contributed by atoms with Gasteiger partial charge in [-0.1, -0.05) is 30.3 Å². The maximum atomic E-state index is 11.0. The Hall–Kier alpha value is -4.51. The molecule has 16 heteroatoms. The summed E-state index contributed by atoms with van der Waals surface area (Å²) in [5.41, 5.74) is 2.72. The molecule has 0 bridgehead atoms. The molecule has 1 saturated heterocycles. The first kappa shape index (κ1) is 27.6. The fourth-order valence-corrected chi connectivity index (χ4v) is 4.95. The lowest BCUT2D eigenvalue weighted by atomic mass is 10.1. The van der Waals surface area contributed by atoms with Crippen molar-refractivity contribution in [2.75, 3.05) is 23.8 Å². The lowest BCUT2D eigenvalue weighted by Gasteiger charge is -2.19. The van der Waals surface area contributed by atoms with Crippen molar-refractivity contribution in [3.05, 3.63) is 66.3 Å². The number of aryl methyl sites for hydroxylation is 2. The van der Waals surface area contributed by atoms with Crippen LogP contribution in [0, 0.1) is 0 Å². The minimum Gasteiger partial charge on any atom is -0.394 e. The number of aliphatic hydroxyl groups is 3. The Morgan fingerprint density at radius 1 is 1.05 bits per heavy atom. The van der Waals surface area contributed by atoms with Crippen molar-refractivity contribution in [3.63, 3.8) is 0 Å². The standard InChI is InChI=1S/C26H32N12O4/c1-36-11-16(28-13-36)8-9-27-26-31-22(30-17(12-39)10-15-6-4-3-5-7-15)18-24(32-26)38(14-29-18)25-20(41)19(40)21(42-25)23-33-35-37(2)34-23/h3-7,11,13-14,17,19-21,25,39-41H,8-10,12H2,1-2H3,(H2,27,30,31,32)/t17-,19-,20+,21-,25+/m0/s1. The van der Waals surface area contributed by atoms with E-state index in [1.807, 2.05) is 48.1 Å². The maximum Gasteiger partial charge on any atom is 0.226 e. The average molecular weight is 577 g/mol. The van der Waals surface area contributed by atoms with Crippen LogP contribution in [0.5, 0.6) is 0 Å². The molecule has 1 fully saturated rings. The summed E-state index contributed by atoms with van der Waals surface area (Å²) in [4.78, 5) is 19.5. The number of nitrogens with one attached hydrogen (secondary N) is 2. The molecule has 16 nitrogen and oxygen atoms in total. The highest BCUT2D eigenvalue weighted by atomic mass is 16.6. The Morgan fingerprint density at radius 2 is 1.88 bits per heavy atom. The van der Waals surface area contributed by atoms with Gasteiger partial charge in [0.05, 0.1) is 38.0 Å². The quantitative estimate of drug-likeness (QED) is 0.138. The van der Waals surface area contributed by atoms with Crippen molar-refractivity contribution in [2.45, 2.75) is 43.4 Å².